The number of rotatable bonds is 2. The molecule has 54 valence electrons. The van der Waals surface area contributed by atoms with Gasteiger partial charge in [0.1, 0.15) is 11.6 Å². The minimum atomic E-state index is 0.756. The van der Waals surface area contributed by atoms with Gasteiger partial charge in [-0.25, -0.2) is 4.98 Å². The van der Waals surface area contributed by atoms with Crippen molar-refractivity contribution in [1.82, 2.24) is 4.98 Å². The first-order chi connectivity index (χ1) is 4.86. The third kappa shape index (κ3) is 1.60. The molecular formula is C6H7BrN2O. The van der Waals surface area contributed by atoms with Gasteiger partial charge in [-0.2, -0.15) is 0 Å². The molecule has 0 spiro atoms. The lowest BCUT2D eigenvalue weighted by Crippen LogP contribution is -1.86. The smallest absolute Gasteiger partial charge is 0.137 e. The van der Waals surface area contributed by atoms with E-state index in [0.717, 1.165) is 11.6 Å². The molecule has 1 aromatic rings. The van der Waals surface area contributed by atoms with Gasteiger partial charge in [0.25, 0.3) is 0 Å². The summed E-state index contributed by atoms with van der Waals surface area (Å²) in [7, 11) is 1.61. The summed E-state index contributed by atoms with van der Waals surface area (Å²) >= 11 is 3.05. The minimum Gasteiger partial charge on any atom is -0.495 e. The molecule has 0 amide bonds. The molecule has 1 heterocycles. The van der Waals surface area contributed by atoms with Crippen molar-refractivity contribution in [2.45, 2.75) is 0 Å². The topological polar surface area (TPSA) is 34.1 Å². The molecule has 0 aliphatic carbocycles. The lowest BCUT2D eigenvalue weighted by Gasteiger charge is -1.98. The summed E-state index contributed by atoms with van der Waals surface area (Å²) in [4.78, 5) is 3.99. The van der Waals surface area contributed by atoms with Gasteiger partial charge in [0.2, 0.25) is 0 Å². The van der Waals surface area contributed by atoms with E-state index in [1.807, 2.05) is 12.1 Å². The van der Waals surface area contributed by atoms with Crippen molar-refractivity contribution in [2.75, 3.05) is 11.5 Å². The normalized spacial score (nSPS) is 9.00. The SMILES string of the molecule is COc1ccc(NBr)nc1. The fraction of sp³-hybridized carbons (Fsp3) is 0.167. The maximum atomic E-state index is 4.91. The molecule has 10 heavy (non-hydrogen) atoms. The van der Waals surface area contributed by atoms with Crippen molar-refractivity contribution < 1.29 is 4.74 Å². The largest absolute Gasteiger partial charge is 0.495 e. The van der Waals surface area contributed by atoms with Gasteiger partial charge in [-0.15, -0.1) is 0 Å². The van der Waals surface area contributed by atoms with Crippen molar-refractivity contribution >= 4 is 22.0 Å². The third-order valence-corrected chi connectivity index (χ3v) is 1.48. The van der Waals surface area contributed by atoms with E-state index >= 15 is 0 Å². The van der Waals surface area contributed by atoms with Crippen LogP contribution in [0.1, 0.15) is 0 Å². The average molecular weight is 203 g/mol. The Morgan fingerprint density at radius 3 is 2.80 bits per heavy atom. The van der Waals surface area contributed by atoms with Crippen LogP contribution >= 0.6 is 16.1 Å². The number of ether oxygens (including phenoxy) is 1. The number of hydrogen-bond donors (Lipinski definition) is 1. The average Bonchev–Trinajstić information content (AvgIpc) is 2.05. The van der Waals surface area contributed by atoms with E-state index in [4.69, 9.17) is 4.74 Å². The number of nitrogens with zero attached hydrogens (tertiary/aromatic N) is 1. The Labute approximate surface area is 67.8 Å². The van der Waals surface area contributed by atoms with Crippen molar-refractivity contribution in [3.8, 4) is 5.75 Å². The molecule has 4 heteroatoms. The Hall–Kier alpha value is -0.770. The predicted octanol–water partition coefficient (Wildman–Crippen LogP) is 1.81. The lowest BCUT2D eigenvalue weighted by atomic mass is 10.4. The molecule has 0 unspecified atom stereocenters. The summed E-state index contributed by atoms with van der Waals surface area (Å²) in [6.45, 7) is 0. The number of methoxy groups -OCH3 is 1. The fourth-order valence-corrected chi connectivity index (χ4v) is 0.791. The van der Waals surface area contributed by atoms with E-state index in [-0.39, 0.29) is 0 Å². The molecule has 0 bridgehead atoms. The van der Waals surface area contributed by atoms with Gasteiger partial charge in [-0.1, -0.05) is 0 Å². The van der Waals surface area contributed by atoms with E-state index in [9.17, 15) is 0 Å². The van der Waals surface area contributed by atoms with E-state index in [2.05, 4.69) is 25.5 Å². The Morgan fingerprint density at radius 1 is 1.60 bits per heavy atom. The zero-order valence-corrected chi connectivity index (χ0v) is 7.05. The number of anilines is 1. The zero-order valence-electron chi connectivity index (χ0n) is 5.47. The summed E-state index contributed by atoms with van der Waals surface area (Å²) in [6, 6.07) is 3.64. The van der Waals surface area contributed by atoms with Gasteiger partial charge < -0.3 is 9.08 Å². The van der Waals surface area contributed by atoms with Gasteiger partial charge in [-0.3, -0.25) is 0 Å². The third-order valence-electron chi connectivity index (χ3n) is 1.07. The number of halogens is 1. The first kappa shape index (κ1) is 7.34. The van der Waals surface area contributed by atoms with Crippen LogP contribution in [0.2, 0.25) is 0 Å². The van der Waals surface area contributed by atoms with Crippen LogP contribution in [0.25, 0.3) is 0 Å². The van der Waals surface area contributed by atoms with Crippen LogP contribution in [0.3, 0.4) is 0 Å². The highest BCUT2D eigenvalue weighted by atomic mass is 79.9. The monoisotopic (exact) mass is 202 g/mol. The van der Waals surface area contributed by atoms with Crippen LogP contribution < -0.4 is 9.08 Å². The molecule has 1 N–H and O–H groups in total. The number of aromatic nitrogens is 1. The maximum absolute atomic E-state index is 4.91. The summed E-state index contributed by atoms with van der Waals surface area (Å²) in [6.07, 6.45) is 1.64. The molecule has 0 fully saturated rings. The lowest BCUT2D eigenvalue weighted by molar-refractivity contribution is 0.413. The number of hydrogen-bond acceptors (Lipinski definition) is 3. The van der Waals surface area contributed by atoms with Crippen LogP contribution in [0, 0.1) is 0 Å². The molecule has 0 aromatic carbocycles. The standard InChI is InChI=1S/C6H7BrN2O/c1-10-5-2-3-6(9-7)8-4-5/h2-4H,1H3,(H,8,9). The Balaban J connectivity index is 2.80. The Kier molecular flexibility index (Phi) is 2.50. The van der Waals surface area contributed by atoms with Gasteiger partial charge >= 0.3 is 0 Å². The van der Waals surface area contributed by atoms with Crippen LogP contribution in [0.15, 0.2) is 18.3 Å². The molecule has 0 aliphatic rings. The van der Waals surface area contributed by atoms with E-state index in [1.165, 1.54) is 0 Å². The Bertz CT molecular complexity index is 176. The van der Waals surface area contributed by atoms with E-state index in [1.54, 1.807) is 13.3 Å². The van der Waals surface area contributed by atoms with E-state index < -0.39 is 0 Å². The number of pyridine rings is 1. The van der Waals surface area contributed by atoms with Crippen LogP contribution in [-0.2, 0) is 0 Å². The second kappa shape index (κ2) is 3.41. The van der Waals surface area contributed by atoms with Crippen LogP contribution in [0.4, 0.5) is 5.82 Å². The van der Waals surface area contributed by atoms with Crippen molar-refractivity contribution in [3.05, 3.63) is 18.3 Å². The van der Waals surface area contributed by atoms with E-state index in [0.29, 0.717) is 0 Å². The van der Waals surface area contributed by atoms with Gasteiger partial charge in [0, 0.05) is 16.1 Å². The second-order valence-corrected chi connectivity index (χ2v) is 2.07. The first-order valence-electron chi connectivity index (χ1n) is 2.73. The van der Waals surface area contributed by atoms with Crippen molar-refractivity contribution in [1.29, 1.82) is 0 Å². The molecular weight excluding hydrogens is 196 g/mol. The van der Waals surface area contributed by atoms with Gasteiger partial charge in [0.05, 0.1) is 13.3 Å². The van der Waals surface area contributed by atoms with Gasteiger partial charge in [0.15, 0.2) is 0 Å². The molecule has 0 radical (unpaired) electrons. The van der Waals surface area contributed by atoms with Crippen molar-refractivity contribution in [2.24, 2.45) is 0 Å². The molecule has 0 aliphatic heterocycles. The molecule has 0 saturated carbocycles. The van der Waals surface area contributed by atoms with Crippen LogP contribution in [0.5, 0.6) is 5.75 Å². The quantitative estimate of drug-likeness (QED) is 0.744. The molecule has 1 rings (SSSR count). The highest BCUT2D eigenvalue weighted by Crippen LogP contribution is 2.11. The molecule has 0 saturated heterocycles. The Morgan fingerprint density at radius 2 is 2.40 bits per heavy atom. The molecule has 0 atom stereocenters. The highest BCUT2D eigenvalue weighted by molar-refractivity contribution is 9.10. The summed E-state index contributed by atoms with van der Waals surface area (Å²) < 4.78 is 7.63. The van der Waals surface area contributed by atoms with Crippen LogP contribution in [-0.4, -0.2) is 12.1 Å². The predicted molar refractivity (Wildman–Crippen MR) is 43.3 cm³/mol. The first-order valence-corrected chi connectivity index (χ1v) is 3.53. The fourth-order valence-electron chi connectivity index (χ4n) is 0.557. The maximum Gasteiger partial charge on any atom is 0.137 e. The zero-order chi connectivity index (χ0) is 7.40. The summed E-state index contributed by atoms with van der Waals surface area (Å²) in [5.74, 6) is 1.52. The second-order valence-electron chi connectivity index (χ2n) is 1.68. The van der Waals surface area contributed by atoms with Gasteiger partial charge in [-0.05, 0) is 12.1 Å². The highest BCUT2D eigenvalue weighted by Gasteiger charge is 1.90. The number of nitrogens with one attached hydrogen (secondary N) is 1. The minimum absolute atomic E-state index is 0.756. The molecule has 3 nitrogen and oxygen atoms in total. The molecule has 1 aromatic heterocycles. The van der Waals surface area contributed by atoms with Crippen molar-refractivity contribution in [3.63, 3.8) is 0 Å². The summed E-state index contributed by atoms with van der Waals surface area (Å²) in [5, 5.41) is 0. The summed E-state index contributed by atoms with van der Waals surface area (Å²) in [5.41, 5.74) is 0.